The van der Waals surface area contributed by atoms with Crippen LogP contribution in [0.25, 0.3) is 0 Å². The fraction of sp³-hybridized carbons (Fsp3) is 0.231. The number of nitrogens with zero attached hydrogens (tertiary/aromatic N) is 5. The quantitative estimate of drug-likeness (QED) is 0.694. The molecule has 2 aliphatic rings. The summed E-state index contributed by atoms with van der Waals surface area (Å²) in [5, 5.41) is 24.6. The number of hydrogen-bond donors (Lipinski definition) is 1. The van der Waals surface area contributed by atoms with Crippen LogP contribution in [0.3, 0.4) is 0 Å². The van der Waals surface area contributed by atoms with Crippen LogP contribution < -0.4 is 17.1 Å². The van der Waals surface area contributed by atoms with Gasteiger partial charge < -0.3 is 17.5 Å². The zero-order valence-electron chi connectivity index (χ0n) is 11.8. The fourth-order valence-corrected chi connectivity index (χ4v) is 3.99. The van der Waals surface area contributed by atoms with E-state index in [2.05, 4.69) is 15.2 Å². The summed E-state index contributed by atoms with van der Waals surface area (Å²) >= 11 is 3.07. The highest BCUT2D eigenvalue weighted by molar-refractivity contribution is 8.26. The van der Waals surface area contributed by atoms with Crippen LogP contribution in [-0.2, 0) is 0 Å². The second kappa shape index (κ2) is 5.53. The number of amidine groups is 1. The second-order valence-corrected chi connectivity index (χ2v) is 7.06. The minimum atomic E-state index is -0.302. The van der Waals surface area contributed by atoms with Crippen LogP contribution in [0.15, 0.2) is 34.4 Å². The summed E-state index contributed by atoms with van der Waals surface area (Å²) in [5.41, 5.74) is 0.764. The number of aromatic nitrogens is 2. The van der Waals surface area contributed by atoms with Gasteiger partial charge in [0, 0.05) is 4.99 Å². The number of benzene rings is 1. The van der Waals surface area contributed by atoms with E-state index in [-0.39, 0.29) is 24.3 Å². The molecule has 0 amide bonds. The van der Waals surface area contributed by atoms with Gasteiger partial charge in [0.25, 0.3) is 6.17 Å². The highest BCUT2D eigenvalue weighted by atomic mass is 35.5. The van der Waals surface area contributed by atoms with Gasteiger partial charge in [0.15, 0.2) is 0 Å². The lowest BCUT2D eigenvalue weighted by molar-refractivity contribution is -0.770. The molecule has 0 aliphatic carbocycles. The lowest BCUT2D eigenvalue weighted by Gasteiger charge is -2.23. The number of halogens is 1. The summed E-state index contributed by atoms with van der Waals surface area (Å²) < 4.78 is 1.82. The van der Waals surface area contributed by atoms with Gasteiger partial charge in [0.05, 0.1) is 5.56 Å². The summed E-state index contributed by atoms with van der Waals surface area (Å²) in [6, 6.07) is 7.28. The topological polar surface area (TPSA) is 65.0 Å². The smallest absolute Gasteiger partial charge is 0.409 e. The first kappa shape index (κ1) is 15.3. The van der Waals surface area contributed by atoms with Crippen molar-refractivity contribution in [2.24, 2.45) is 10.1 Å². The van der Waals surface area contributed by atoms with E-state index in [1.165, 1.54) is 23.1 Å². The van der Waals surface area contributed by atoms with Crippen molar-refractivity contribution in [1.29, 1.82) is 0 Å². The number of aromatic hydroxyl groups is 1. The number of aryl methyl sites for hydroxylation is 1. The molecule has 2 aromatic rings. The molecule has 9 heteroatoms. The third kappa shape index (κ3) is 2.27. The van der Waals surface area contributed by atoms with E-state index < -0.39 is 0 Å². The van der Waals surface area contributed by atoms with Crippen LogP contribution in [-0.4, -0.2) is 25.4 Å². The molecular formula is C13H12ClN5OS2. The number of para-hydroxylation sites is 1. The second-order valence-electron chi connectivity index (χ2n) is 4.74. The summed E-state index contributed by atoms with van der Waals surface area (Å²) in [6.45, 7) is 3.90. The van der Waals surface area contributed by atoms with E-state index in [0.717, 1.165) is 25.9 Å². The molecule has 6 nitrogen and oxygen atoms in total. The Morgan fingerprint density at radius 2 is 2.05 bits per heavy atom. The van der Waals surface area contributed by atoms with Gasteiger partial charge in [-0.05, 0) is 49.1 Å². The van der Waals surface area contributed by atoms with Crippen molar-refractivity contribution in [3.05, 3.63) is 34.8 Å². The SMILES string of the molecule is CC1=NN2C(=Nc3sc(C)n[n+]3C2c2ccccc2O)S1.[Cl-]. The largest absolute Gasteiger partial charge is 1.00 e. The molecule has 4 rings (SSSR count). The average Bonchev–Trinajstić information content (AvgIpc) is 2.97. The number of phenols is 1. The van der Waals surface area contributed by atoms with Crippen molar-refractivity contribution in [3.63, 3.8) is 0 Å². The zero-order valence-corrected chi connectivity index (χ0v) is 14.2. The van der Waals surface area contributed by atoms with Gasteiger partial charge in [0.2, 0.25) is 0 Å². The van der Waals surface area contributed by atoms with Crippen molar-refractivity contribution in [2.75, 3.05) is 0 Å². The highest BCUT2D eigenvalue weighted by Crippen LogP contribution is 2.38. The molecule has 1 unspecified atom stereocenters. The van der Waals surface area contributed by atoms with Crippen molar-refractivity contribution >= 4 is 38.4 Å². The van der Waals surface area contributed by atoms with Gasteiger partial charge in [-0.15, -0.1) is 0 Å². The van der Waals surface area contributed by atoms with Gasteiger partial charge in [-0.2, -0.15) is 10.1 Å². The van der Waals surface area contributed by atoms with E-state index in [4.69, 9.17) is 0 Å². The van der Waals surface area contributed by atoms with Gasteiger partial charge >= 0.3 is 10.3 Å². The fourth-order valence-electron chi connectivity index (χ4n) is 2.41. The third-order valence-corrected chi connectivity index (χ3v) is 4.91. The monoisotopic (exact) mass is 353 g/mol. The molecule has 114 valence electrons. The molecule has 1 N–H and O–H groups in total. The molecular weight excluding hydrogens is 342 g/mol. The average molecular weight is 354 g/mol. The summed E-state index contributed by atoms with van der Waals surface area (Å²) in [6.07, 6.45) is -0.302. The first-order valence-corrected chi connectivity index (χ1v) is 8.05. The van der Waals surface area contributed by atoms with E-state index in [0.29, 0.717) is 0 Å². The summed E-state index contributed by atoms with van der Waals surface area (Å²) in [5.74, 6) is 0.234. The number of phenolic OH excluding ortho intramolecular Hbond substituents is 1. The molecule has 0 saturated carbocycles. The first-order chi connectivity index (χ1) is 10.1. The van der Waals surface area contributed by atoms with Crippen LogP contribution in [0, 0.1) is 6.92 Å². The molecule has 0 spiro atoms. The van der Waals surface area contributed by atoms with E-state index >= 15 is 0 Å². The minimum Gasteiger partial charge on any atom is -1.00 e. The minimum absolute atomic E-state index is 0. The van der Waals surface area contributed by atoms with Gasteiger partial charge in [0.1, 0.15) is 15.8 Å². The Kier molecular flexibility index (Phi) is 3.84. The summed E-state index contributed by atoms with van der Waals surface area (Å²) in [7, 11) is 0. The Bertz CT molecular complexity index is 803. The zero-order chi connectivity index (χ0) is 14.6. The van der Waals surface area contributed by atoms with E-state index in [9.17, 15) is 5.11 Å². The molecule has 1 aromatic heterocycles. The number of rotatable bonds is 1. The molecule has 22 heavy (non-hydrogen) atoms. The predicted molar refractivity (Wildman–Crippen MR) is 82.9 cm³/mol. The van der Waals surface area contributed by atoms with Crippen molar-refractivity contribution in [2.45, 2.75) is 20.0 Å². The van der Waals surface area contributed by atoms with Gasteiger partial charge in [-0.1, -0.05) is 21.9 Å². The Labute approximate surface area is 141 Å². The van der Waals surface area contributed by atoms with Crippen molar-refractivity contribution in [3.8, 4) is 5.75 Å². The standard InChI is InChI=1S/C13H11N5OS2.ClH/c1-7-15-17-11(9-5-3-4-6-10(9)19)18-13(14-12(17)20-7)21-8(2)16-18;/h3-6,11H,1-2H3;1H. The first-order valence-electron chi connectivity index (χ1n) is 6.41. The maximum atomic E-state index is 10.2. The predicted octanol–water partition coefficient (Wildman–Crippen LogP) is -0.621. The molecule has 1 aromatic carbocycles. The Balaban J connectivity index is 0.00000144. The van der Waals surface area contributed by atoms with Crippen molar-refractivity contribution in [1.82, 2.24) is 10.1 Å². The number of aliphatic imine (C=N–C) groups is 1. The normalized spacial score (nSPS) is 19.0. The maximum absolute atomic E-state index is 10.2. The van der Waals surface area contributed by atoms with Crippen LogP contribution in [0.5, 0.6) is 5.75 Å². The maximum Gasteiger partial charge on any atom is 0.409 e. The Morgan fingerprint density at radius 1 is 1.27 bits per heavy atom. The van der Waals surface area contributed by atoms with Crippen molar-refractivity contribution < 1.29 is 22.2 Å². The third-order valence-electron chi connectivity index (χ3n) is 3.24. The molecule has 1 atom stereocenters. The van der Waals surface area contributed by atoms with E-state index in [1.54, 1.807) is 6.07 Å². The lowest BCUT2D eigenvalue weighted by atomic mass is 10.1. The van der Waals surface area contributed by atoms with Gasteiger partial charge in [-0.3, -0.25) is 0 Å². The Hall–Kier alpha value is -1.64. The van der Waals surface area contributed by atoms with Crippen LogP contribution in [0.1, 0.15) is 23.7 Å². The van der Waals surface area contributed by atoms with E-state index in [1.807, 2.05) is 41.7 Å². The Morgan fingerprint density at radius 3 is 2.82 bits per heavy atom. The summed E-state index contributed by atoms with van der Waals surface area (Å²) in [4.78, 5) is 4.61. The number of hydrazone groups is 1. The van der Waals surface area contributed by atoms with Crippen LogP contribution >= 0.6 is 23.1 Å². The number of fused-ring (bicyclic) bond motifs is 2. The molecule has 0 saturated heterocycles. The molecule has 0 fully saturated rings. The van der Waals surface area contributed by atoms with Crippen LogP contribution in [0.2, 0.25) is 0 Å². The number of hydrogen-bond acceptors (Lipinski definition) is 7. The number of thioether (sulfide) groups is 1. The molecule has 0 bridgehead atoms. The molecule has 0 radical (unpaired) electrons. The van der Waals surface area contributed by atoms with Gasteiger partial charge in [-0.25, -0.2) is 0 Å². The molecule has 3 heterocycles. The van der Waals surface area contributed by atoms with Crippen LogP contribution in [0.4, 0.5) is 5.13 Å². The highest BCUT2D eigenvalue weighted by Gasteiger charge is 2.45. The lowest BCUT2D eigenvalue weighted by Crippen LogP contribution is -3.00. The molecule has 2 aliphatic heterocycles.